The Kier molecular flexibility index (Phi) is 6.14. The summed E-state index contributed by atoms with van der Waals surface area (Å²) in [6, 6.07) is 22.0. The Morgan fingerprint density at radius 2 is 1.71 bits per heavy atom. The fraction of sp³-hybridized carbons (Fsp3) is 0.0645. The summed E-state index contributed by atoms with van der Waals surface area (Å²) < 4.78 is 14.6. The number of aromatic amines is 2. The van der Waals surface area contributed by atoms with Crippen LogP contribution in [0.2, 0.25) is 0 Å². The summed E-state index contributed by atoms with van der Waals surface area (Å²) in [5.74, 6) is 0.141. The summed E-state index contributed by atoms with van der Waals surface area (Å²) >= 11 is 0. The molecule has 7 aromatic rings. The van der Waals surface area contributed by atoms with Gasteiger partial charge in [0, 0.05) is 41.7 Å². The summed E-state index contributed by atoms with van der Waals surface area (Å²) in [7, 11) is 0. The van der Waals surface area contributed by atoms with Crippen molar-refractivity contribution in [3.8, 4) is 33.9 Å². The Morgan fingerprint density at radius 3 is 2.59 bits per heavy atom. The smallest absolute Gasteiger partial charge is 0.159 e. The van der Waals surface area contributed by atoms with E-state index in [4.69, 9.17) is 4.98 Å². The van der Waals surface area contributed by atoms with Gasteiger partial charge >= 0.3 is 0 Å². The molecule has 9 nitrogen and oxygen atoms in total. The molecular formula is C31H23FN8O. The predicted octanol–water partition coefficient (Wildman–Crippen LogP) is 5.74. The van der Waals surface area contributed by atoms with Crippen LogP contribution in [-0.4, -0.2) is 46.5 Å². The van der Waals surface area contributed by atoms with Crippen molar-refractivity contribution in [2.75, 3.05) is 5.32 Å². The number of aliphatic hydroxyl groups excluding tert-OH is 1. The second-order valence-electron chi connectivity index (χ2n) is 9.63. The Bertz CT molecular complexity index is 2000. The minimum absolute atomic E-state index is 0.367. The number of halogens is 1. The molecule has 0 aliphatic heterocycles. The number of anilines is 1. The van der Waals surface area contributed by atoms with Crippen LogP contribution in [-0.2, 0) is 6.42 Å². The van der Waals surface area contributed by atoms with E-state index in [-0.39, 0.29) is 5.82 Å². The highest BCUT2D eigenvalue weighted by Crippen LogP contribution is 2.32. The van der Waals surface area contributed by atoms with Gasteiger partial charge in [0.05, 0.1) is 22.8 Å². The number of benzene rings is 2. The van der Waals surface area contributed by atoms with E-state index in [1.54, 1.807) is 49.1 Å². The lowest BCUT2D eigenvalue weighted by atomic mass is 10.1. The molecule has 1 atom stereocenters. The minimum atomic E-state index is -0.771. The quantitative estimate of drug-likeness (QED) is 0.189. The van der Waals surface area contributed by atoms with Crippen LogP contribution in [0, 0.1) is 5.82 Å². The Balaban J connectivity index is 1.21. The van der Waals surface area contributed by atoms with E-state index >= 15 is 0 Å². The predicted molar refractivity (Wildman–Crippen MR) is 155 cm³/mol. The molecule has 0 fully saturated rings. The van der Waals surface area contributed by atoms with Gasteiger partial charge in [0.2, 0.25) is 0 Å². The normalized spacial score (nSPS) is 12.1. The molecule has 10 heteroatoms. The molecule has 0 saturated carbocycles. The monoisotopic (exact) mass is 542 g/mol. The summed E-state index contributed by atoms with van der Waals surface area (Å²) in [6.07, 6.45) is 6.46. The highest BCUT2D eigenvalue weighted by Gasteiger charge is 2.18. The minimum Gasteiger partial charge on any atom is -0.373 e. The fourth-order valence-corrected chi connectivity index (χ4v) is 4.90. The van der Waals surface area contributed by atoms with E-state index in [1.807, 2.05) is 42.5 Å². The molecule has 0 aliphatic carbocycles. The third-order valence-electron chi connectivity index (χ3n) is 6.85. The van der Waals surface area contributed by atoms with E-state index < -0.39 is 6.23 Å². The summed E-state index contributed by atoms with van der Waals surface area (Å²) in [6.45, 7) is 0. The van der Waals surface area contributed by atoms with Crippen molar-refractivity contribution in [1.82, 2.24) is 35.1 Å². The second-order valence-corrected chi connectivity index (χ2v) is 9.63. The Hall–Kier alpha value is -5.48. The van der Waals surface area contributed by atoms with Gasteiger partial charge in [0.1, 0.15) is 28.9 Å². The van der Waals surface area contributed by atoms with Gasteiger partial charge in [-0.15, -0.1) is 0 Å². The van der Waals surface area contributed by atoms with Crippen LogP contribution < -0.4 is 5.32 Å². The van der Waals surface area contributed by atoms with Crippen molar-refractivity contribution in [3.05, 3.63) is 109 Å². The first-order valence-corrected chi connectivity index (χ1v) is 13.0. The number of aromatic nitrogens is 7. The summed E-state index contributed by atoms with van der Waals surface area (Å²) in [5, 5.41) is 21.9. The maximum atomic E-state index is 14.6. The summed E-state index contributed by atoms with van der Waals surface area (Å²) in [4.78, 5) is 21.4. The van der Waals surface area contributed by atoms with Crippen molar-refractivity contribution in [1.29, 1.82) is 0 Å². The third-order valence-corrected chi connectivity index (χ3v) is 6.85. The molecule has 2 aromatic carbocycles. The van der Waals surface area contributed by atoms with Gasteiger partial charge in [-0.2, -0.15) is 5.10 Å². The van der Waals surface area contributed by atoms with E-state index in [9.17, 15) is 9.50 Å². The molecule has 4 N–H and O–H groups in total. The van der Waals surface area contributed by atoms with Gasteiger partial charge < -0.3 is 15.4 Å². The number of fused-ring (bicyclic) bond motifs is 2. The fourth-order valence-electron chi connectivity index (χ4n) is 4.90. The average Bonchev–Trinajstić information content (AvgIpc) is 3.62. The number of hydrogen-bond donors (Lipinski definition) is 4. The van der Waals surface area contributed by atoms with Crippen LogP contribution in [0.25, 0.3) is 56.0 Å². The molecule has 200 valence electrons. The SMILES string of the molecule is OC(Cc1ccccc1)Nc1cncc(-c2cnc3[nH]nc(-c4nc5c(-c6ccccc6F)nccc5[nH]4)c3c2)c1. The zero-order valence-electron chi connectivity index (χ0n) is 21.6. The number of nitrogens with zero attached hydrogens (tertiary/aromatic N) is 5. The molecule has 0 bridgehead atoms. The zero-order chi connectivity index (χ0) is 27.8. The molecular weight excluding hydrogens is 519 g/mol. The molecule has 5 heterocycles. The van der Waals surface area contributed by atoms with Crippen molar-refractivity contribution < 1.29 is 9.50 Å². The zero-order valence-corrected chi connectivity index (χ0v) is 21.6. The number of pyridine rings is 3. The van der Waals surface area contributed by atoms with Crippen molar-refractivity contribution in [2.24, 2.45) is 0 Å². The summed E-state index contributed by atoms with van der Waals surface area (Å²) in [5.41, 5.74) is 6.61. The first-order chi connectivity index (χ1) is 20.1. The number of H-pyrrole nitrogens is 2. The van der Waals surface area contributed by atoms with Crippen LogP contribution in [0.3, 0.4) is 0 Å². The molecule has 0 radical (unpaired) electrons. The number of rotatable bonds is 7. The molecule has 0 aliphatic rings. The highest BCUT2D eigenvalue weighted by molar-refractivity contribution is 5.96. The van der Waals surface area contributed by atoms with Crippen LogP contribution >= 0.6 is 0 Å². The molecule has 5 aromatic heterocycles. The highest BCUT2D eigenvalue weighted by atomic mass is 19.1. The van der Waals surface area contributed by atoms with Crippen LogP contribution in [0.5, 0.6) is 0 Å². The standard InChI is InChI=1S/C31H23FN8O/c32-24-9-5-4-8-22(24)27-29-25(10-11-34-27)37-31(38-29)28-23-14-20(16-35-30(23)40-39-28)19-13-21(17-33-15-19)36-26(41)12-18-6-2-1-3-7-18/h1-11,13-17,26,36,41H,12H2,(H,37,38)(H,35,39,40). The molecule has 41 heavy (non-hydrogen) atoms. The number of imidazole rings is 1. The topological polar surface area (TPSA) is 128 Å². The van der Waals surface area contributed by atoms with Gasteiger partial charge in [-0.1, -0.05) is 42.5 Å². The number of nitrogens with one attached hydrogen (secondary N) is 3. The molecule has 0 amide bonds. The first-order valence-electron chi connectivity index (χ1n) is 13.0. The second kappa shape index (κ2) is 10.2. The van der Waals surface area contributed by atoms with Crippen molar-refractivity contribution >= 4 is 27.8 Å². The maximum Gasteiger partial charge on any atom is 0.159 e. The van der Waals surface area contributed by atoms with E-state index in [0.29, 0.717) is 51.6 Å². The van der Waals surface area contributed by atoms with E-state index in [1.165, 1.54) is 6.07 Å². The van der Waals surface area contributed by atoms with Crippen LogP contribution in [0.15, 0.2) is 97.6 Å². The van der Waals surface area contributed by atoms with E-state index in [0.717, 1.165) is 22.1 Å². The number of hydrogen-bond acceptors (Lipinski definition) is 7. The largest absolute Gasteiger partial charge is 0.373 e. The average molecular weight is 543 g/mol. The van der Waals surface area contributed by atoms with Gasteiger partial charge in [0.15, 0.2) is 11.5 Å². The Labute approximate surface area is 233 Å². The molecule has 7 rings (SSSR count). The van der Waals surface area contributed by atoms with Crippen LogP contribution in [0.4, 0.5) is 10.1 Å². The lowest BCUT2D eigenvalue weighted by molar-refractivity contribution is 0.204. The Morgan fingerprint density at radius 1 is 0.878 bits per heavy atom. The first kappa shape index (κ1) is 24.6. The van der Waals surface area contributed by atoms with Gasteiger partial charge in [-0.3, -0.25) is 15.1 Å². The molecule has 0 spiro atoms. The lowest BCUT2D eigenvalue weighted by Crippen LogP contribution is -2.21. The lowest BCUT2D eigenvalue weighted by Gasteiger charge is -2.14. The molecule has 0 saturated heterocycles. The van der Waals surface area contributed by atoms with Gasteiger partial charge in [0.25, 0.3) is 0 Å². The number of aliphatic hydroxyl groups is 1. The van der Waals surface area contributed by atoms with Crippen molar-refractivity contribution in [3.63, 3.8) is 0 Å². The van der Waals surface area contributed by atoms with Crippen molar-refractivity contribution in [2.45, 2.75) is 12.6 Å². The third kappa shape index (κ3) is 4.77. The van der Waals surface area contributed by atoms with Gasteiger partial charge in [-0.25, -0.2) is 14.4 Å². The van der Waals surface area contributed by atoms with Crippen LogP contribution in [0.1, 0.15) is 5.56 Å². The van der Waals surface area contributed by atoms with E-state index in [2.05, 4.69) is 35.5 Å². The molecule has 1 unspecified atom stereocenters. The van der Waals surface area contributed by atoms with Gasteiger partial charge in [-0.05, 0) is 35.9 Å². The maximum absolute atomic E-state index is 14.6.